The van der Waals surface area contributed by atoms with Gasteiger partial charge in [0.15, 0.2) is 0 Å². The van der Waals surface area contributed by atoms with E-state index in [1.807, 2.05) is 6.20 Å². The van der Waals surface area contributed by atoms with Gasteiger partial charge in [0.25, 0.3) is 0 Å². The van der Waals surface area contributed by atoms with Crippen LogP contribution in [0.3, 0.4) is 0 Å². The Morgan fingerprint density at radius 2 is 1.88 bits per heavy atom. The van der Waals surface area contributed by atoms with Gasteiger partial charge in [-0.2, -0.15) is 0 Å². The van der Waals surface area contributed by atoms with Crippen LogP contribution in [0.15, 0.2) is 36.5 Å². The molecule has 0 aliphatic heterocycles. The summed E-state index contributed by atoms with van der Waals surface area (Å²) in [5.74, 6) is -2.68. The molecule has 0 amide bonds. The third kappa shape index (κ3) is 6.62. The SMILES string of the molecule is CCN(C)CCc1c[nH]c2ccc(F)cc12.O=C(O)/C=C/C(=O)O. The number of carbonyl (C=O) groups is 2. The highest BCUT2D eigenvalue weighted by atomic mass is 19.1. The van der Waals surface area contributed by atoms with Crippen LogP contribution in [0.25, 0.3) is 10.9 Å². The quantitative estimate of drug-likeness (QED) is 0.705. The van der Waals surface area contributed by atoms with E-state index in [0.717, 1.165) is 30.4 Å². The summed E-state index contributed by atoms with van der Waals surface area (Å²) in [7, 11) is 2.09. The Morgan fingerprint density at radius 1 is 1.25 bits per heavy atom. The Bertz CT molecular complexity index is 708. The van der Waals surface area contributed by atoms with Crippen molar-refractivity contribution in [1.29, 1.82) is 0 Å². The largest absolute Gasteiger partial charge is 0.478 e. The molecule has 0 radical (unpaired) electrons. The van der Waals surface area contributed by atoms with Gasteiger partial charge in [-0.15, -0.1) is 0 Å². The van der Waals surface area contributed by atoms with Crippen LogP contribution in [0, 0.1) is 5.82 Å². The highest BCUT2D eigenvalue weighted by molar-refractivity contribution is 5.89. The molecule has 6 nitrogen and oxygen atoms in total. The van der Waals surface area contributed by atoms with Crippen molar-refractivity contribution in [3.05, 3.63) is 47.9 Å². The maximum absolute atomic E-state index is 13.1. The van der Waals surface area contributed by atoms with Crippen LogP contribution >= 0.6 is 0 Å². The van der Waals surface area contributed by atoms with E-state index in [4.69, 9.17) is 10.2 Å². The van der Waals surface area contributed by atoms with E-state index in [1.54, 1.807) is 12.1 Å². The van der Waals surface area contributed by atoms with Gasteiger partial charge >= 0.3 is 11.9 Å². The molecule has 0 saturated heterocycles. The van der Waals surface area contributed by atoms with Crippen LogP contribution in [-0.4, -0.2) is 52.2 Å². The van der Waals surface area contributed by atoms with Crippen molar-refractivity contribution in [2.45, 2.75) is 13.3 Å². The Hall–Kier alpha value is -2.67. The summed E-state index contributed by atoms with van der Waals surface area (Å²) in [5.41, 5.74) is 2.20. The molecule has 7 heteroatoms. The number of H-pyrrole nitrogens is 1. The molecule has 0 fully saturated rings. The van der Waals surface area contributed by atoms with Gasteiger partial charge in [0.1, 0.15) is 5.82 Å². The standard InChI is InChI=1S/C13H17FN2.C4H4O4/c1-3-16(2)7-6-10-9-15-13-5-4-11(14)8-12(10)13;5-3(6)1-2-4(7)8/h4-5,8-9,15H,3,6-7H2,1-2H3;1-2H,(H,5,6)(H,7,8)/b;2-1+. The van der Waals surface area contributed by atoms with E-state index >= 15 is 0 Å². The number of fused-ring (bicyclic) bond motifs is 1. The number of likely N-dealkylation sites (N-methyl/N-ethyl adjacent to an activating group) is 1. The van der Waals surface area contributed by atoms with Gasteiger partial charge in [-0.1, -0.05) is 6.92 Å². The van der Waals surface area contributed by atoms with Crippen molar-refractivity contribution >= 4 is 22.8 Å². The van der Waals surface area contributed by atoms with Gasteiger partial charge in [0.05, 0.1) is 0 Å². The normalized spacial score (nSPS) is 10.8. The average molecular weight is 336 g/mol. The van der Waals surface area contributed by atoms with Crippen molar-refractivity contribution in [3.8, 4) is 0 Å². The van der Waals surface area contributed by atoms with Crippen molar-refractivity contribution in [2.75, 3.05) is 20.1 Å². The second kappa shape index (κ2) is 9.46. The van der Waals surface area contributed by atoms with E-state index in [-0.39, 0.29) is 5.82 Å². The predicted molar refractivity (Wildman–Crippen MR) is 89.5 cm³/mol. The van der Waals surface area contributed by atoms with E-state index in [9.17, 15) is 14.0 Å². The number of benzene rings is 1. The minimum atomic E-state index is -1.26. The fraction of sp³-hybridized carbons (Fsp3) is 0.294. The number of hydrogen-bond donors (Lipinski definition) is 3. The van der Waals surface area contributed by atoms with Gasteiger partial charge in [-0.3, -0.25) is 0 Å². The molecule has 3 N–H and O–H groups in total. The van der Waals surface area contributed by atoms with Crippen molar-refractivity contribution in [1.82, 2.24) is 9.88 Å². The van der Waals surface area contributed by atoms with Crippen LogP contribution in [0.4, 0.5) is 4.39 Å². The van der Waals surface area contributed by atoms with Crippen LogP contribution in [0.5, 0.6) is 0 Å². The average Bonchev–Trinajstić information content (AvgIpc) is 2.93. The number of aromatic amines is 1. The molecular formula is C17H21FN2O4. The number of carboxylic acid groups (broad SMARTS) is 2. The number of nitrogens with one attached hydrogen (secondary N) is 1. The van der Waals surface area contributed by atoms with Gasteiger partial charge in [-0.05, 0) is 43.8 Å². The summed E-state index contributed by atoms with van der Waals surface area (Å²) in [6.07, 6.45) is 4.05. The summed E-state index contributed by atoms with van der Waals surface area (Å²) in [4.78, 5) is 24.5. The second-order valence-electron chi connectivity index (χ2n) is 5.16. The van der Waals surface area contributed by atoms with Crippen LogP contribution in [-0.2, 0) is 16.0 Å². The summed E-state index contributed by atoms with van der Waals surface area (Å²) in [6.45, 7) is 4.17. The Labute approximate surface area is 139 Å². The molecule has 130 valence electrons. The number of aliphatic carboxylic acids is 2. The van der Waals surface area contributed by atoms with Gasteiger partial charge in [0.2, 0.25) is 0 Å². The first-order valence-electron chi connectivity index (χ1n) is 7.41. The third-order valence-corrected chi connectivity index (χ3v) is 3.40. The maximum atomic E-state index is 13.1. The van der Waals surface area contributed by atoms with Crippen LogP contribution in [0.1, 0.15) is 12.5 Å². The molecule has 2 aromatic rings. The molecule has 0 aliphatic rings. The molecule has 1 aromatic carbocycles. The fourth-order valence-corrected chi connectivity index (χ4v) is 1.97. The zero-order valence-electron chi connectivity index (χ0n) is 13.6. The topological polar surface area (TPSA) is 93.6 Å². The minimum Gasteiger partial charge on any atom is -0.478 e. The second-order valence-corrected chi connectivity index (χ2v) is 5.16. The number of hydrogen-bond acceptors (Lipinski definition) is 3. The van der Waals surface area contributed by atoms with E-state index < -0.39 is 11.9 Å². The molecule has 0 aliphatic carbocycles. The number of nitrogens with zero attached hydrogens (tertiary/aromatic N) is 1. The van der Waals surface area contributed by atoms with E-state index in [1.165, 1.54) is 11.6 Å². The fourth-order valence-electron chi connectivity index (χ4n) is 1.97. The molecule has 24 heavy (non-hydrogen) atoms. The molecular weight excluding hydrogens is 315 g/mol. The minimum absolute atomic E-state index is 0.169. The zero-order valence-corrected chi connectivity index (χ0v) is 13.6. The van der Waals surface area contributed by atoms with E-state index in [0.29, 0.717) is 12.2 Å². The highest BCUT2D eigenvalue weighted by Gasteiger charge is 2.05. The molecule has 0 bridgehead atoms. The lowest BCUT2D eigenvalue weighted by molar-refractivity contribution is -0.134. The molecule has 0 saturated carbocycles. The van der Waals surface area contributed by atoms with Gasteiger partial charge in [0, 0.05) is 35.8 Å². The predicted octanol–water partition coefficient (Wildman–Crippen LogP) is 2.51. The molecule has 2 rings (SSSR count). The number of aromatic nitrogens is 1. The Kier molecular flexibility index (Phi) is 7.64. The molecule has 0 atom stereocenters. The highest BCUT2D eigenvalue weighted by Crippen LogP contribution is 2.19. The molecule has 1 aromatic heterocycles. The van der Waals surface area contributed by atoms with E-state index in [2.05, 4.69) is 23.9 Å². The Morgan fingerprint density at radius 3 is 2.42 bits per heavy atom. The van der Waals surface area contributed by atoms with Crippen molar-refractivity contribution in [3.63, 3.8) is 0 Å². The molecule has 0 unspecified atom stereocenters. The number of rotatable bonds is 6. The lowest BCUT2D eigenvalue weighted by atomic mass is 10.1. The third-order valence-electron chi connectivity index (χ3n) is 3.40. The summed E-state index contributed by atoms with van der Waals surface area (Å²) in [6, 6.07) is 4.88. The van der Waals surface area contributed by atoms with Crippen molar-refractivity contribution in [2.24, 2.45) is 0 Å². The summed E-state index contributed by atoms with van der Waals surface area (Å²) < 4.78 is 13.1. The lowest BCUT2D eigenvalue weighted by Crippen LogP contribution is -2.20. The zero-order chi connectivity index (χ0) is 18.1. The first-order chi connectivity index (χ1) is 11.3. The number of carboxylic acids is 2. The molecule has 0 spiro atoms. The molecule has 1 heterocycles. The smallest absolute Gasteiger partial charge is 0.328 e. The summed E-state index contributed by atoms with van der Waals surface area (Å²) in [5, 5.41) is 16.6. The van der Waals surface area contributed by atoms with Crippen LogP contribution in [0.2, 0.25) is 0 Å². The Balaban J connectivity index is 0.000000307. The van der Waals surface area contributed by atoms with Crippen molar-refractivity contribution < 1.29 is 24.2 Å². The lowest BCUT2D eigenvalue weighted by Gasteiger charge is -2.12. The monoisotopic (exact) mass is 336 g/mol. The first-order valence-corrected chi connectivity index (χ1v) is 7.41. The van der Waals surface area contributed by atoms with Crippen LogP contribution < -0.4 is 0 Å². The first kappa shape index (κ1) is 19.4. The van der Waals surface area contributed by atoms with Gasteiger partial charge in [-0.25, -0.2) is 14.0 Å². The number of halogens is 1. The summed E-state index contributed by atoms with van der Waals surface area (Å²) >= 11 is 0. The van der Waals surface area contributed by atoms with Gasteiger partial charge < -0.3 is 20.1 Å². The maximum Gasteiger partial charge on any atom is 0.328 e.